The van der Waals surface area contributed by atoms with Crippen LogP contribution in [0, 0.1) is 0 Å². The molecule has 2 aromatic carbocycles. The molecule has 0 saturated carbocycles. The minimum Gasteiger partial charge on any atom is -0.464 e. The average Bonchev–Trinajstić information content (AvgIpc) is 2.68. The van der Waals surface area contributed by atoms with Gasteiger partial charge >= 0.3 is 18.2 Å². The van der Waals surface area contributed by atoms with Gasteiger partial charge in [0.2, 0.25) is 0 Å². The van der Waals surface area contributed by atoms with Crippen molar-refractivity contribution in [1.29, 1.82) is 0 Å². The van der Waals surface area contributed by atoms with Gasteiger partial charge in [-0.1, -0.05) is 48.5 Å². The van der Waals surface area contributed by atoms with E-state index in [0.29, 0.717) is 5.75 Å². The number of ether oxygens (including phenoxy) is 3. The van der Waals surface area contributed by atoms with E-state index in [9.17, 15) is 14.4 Å². The zero-order valence-corrected chi connectivity index (χ0v) is 15.7. The topological polar surface area (TPSA) is 111 Å². The number of para-hydroxylation sites is 1. The molecule has 0 aliphatic heterocycles. The highest BCUT2D eigenvalue weighted by atomic mass is 16.7. The lowest BCUT2D eigenvalue weighted by Gasteiger charge is -2.12. The Morgan fingerprint density at radius 2 is 1.54 bits per heavy atom. The van der Waals surface area contributed by atoms with Crippen LogP contribution in [0.1, 0.15) is 19.4 Å². The van der Waals surface area contributed by atoms with Crippen molar-refractivity contribution in [2.24, 2.45) is 0 Å². The highest BCUT2D eigenvalue weighted by molar-refractivity contribution is 5.80. The van der Waals surface area contributed by atoms with E-state index in [1.807, 2.05) is 30.3 Å². The summed E-state index contributed by atoms with van der Waals surface area (Å²) in [4.78, 5) is 32.6. The normalized spacial score (nSPS) is 10.5. The Morgan fingerprint density at radius 3 is 2.07 bits per heavy atom. The van der Waals surface area contributed by atoms with Gasteiger partial charge < -0.3 is 24.6 Å². The van der Waals surface area contributed by atoms with Crippen molar-refractivity contribution in [3.05, 3.63) is 66.2 Å². The first-order chi connectivity index (χ1) is 13.4. The van der Waals surface area contributed by atoms with Crippen molar-refractivity contribution in [3.8, 4) is 5.75 Å². The number of benzene rings is 2. The van der Waals surface area contributed by atoms with E-state index >= 15 is 0 Å². The van der Waals surface area contributed by atoms with E-state index in [2.05, 4.69) is 10.1 Å². The number of hydrogen-bond donors (Lipinski definition) is 2. The first kappa shape index (κ1) is 22.5. The quantitative estimate of drug-likeness (QED) is 0.573. The summed E-state index contributed by atoms with van der Waals surface area (Å²) in [6, 6.07) is 16.9. The molecule has 2 rings (SSSR count). The molecule has 2 aromatic rings. The Kier molecular flexibility index (Phi) is 10.2. The second-order valence-corrected chi connectivity index (χ2v) is 5.36. The van der Waals surface area contributed by atoms with Crippen molar-refractivity contribution in [3.63, 3.8) is 0 Å². The Morgan fingerprint density at radius 1 is 0.964 bits per heavy atom. The van der Waals surface area contributed by atoms with Crippen LogP contribution >= 0.6 is 0 Å². The molecule has 0 aliphatic carbocycles. The predicted octanol–water partition coefficient (Wildman–Crippen LogP) is 3.61. The van der Waals surface area contributed by atoms with Gasteiger partial charge in [-0.05, 0) is 31.5 Å². The number of carboxylic acid groups (broad SMARTS) is 1. The molecule has 0 saturated heterocycles. The highest BCUT2D eigenvalue weighted by Gasteiger charge is 2.17. The molecular formula is C20H23NO7. The van der Waals surface area contributed by atoms with Gasteiger partial charge in [0.05, 0.1) is 6.61 Å². The number of esters is 1. The fraction of sp³-hybridized carbons (Fsp3) is 0.250. The SMILES string of the molecule is CCOC(=O)C(C)NC(=O)OCc1ccccc1.O=C(O)Oc1ccccc1. The second kappa shape index (κ2) is 12.7. The third kappa shape index (κ3) is 9.81. The molecule has 8 heteroatoms. The smallest absolute Gasteiger partial charge is 0.464 e. The molecular weight excluding hydrogens is 366 g/mol. The summed E-state index contributed by atoms with van der Waals surface area (Å²) in [5, 5.41) is 10.5. The van der Waals surface area contributed by atoms with Crippen molar-refractivity contribution in [2.75, 3.05) is 6.61 Å². The Hall–Kier alpha value is -3.55. The molecule has 0 radical (unpaired) electrons. The van der Waals surface area contributed by atoms with E-state index in [-0.39, 0.29) is 13.2 Å². The fourth-order valence-electron chi connectivity index (χ4n) is 1.86. The molecule has 8 nitrogen and oxygen atoms in total. The van der Waals surface area contributed by atoms with Crippen LogP contribution in [0.3, 0.4) is 0 Å². The predicted molar refractivity (Wildman–Crippen MR) is 101 cm³/mol. The van der Waals surface area contributed by atoms with Gasteiger partial charge in [0.15, 0.2) is 0 Å². The van der Waals surface area contributed by atoms with E-state index in [0.717, 1.165) is 5.56 Å². The molecule has 0 aromatic heterocycles. The lowest BCUT2D eigenvalue weighted by atomic mass is 10.2. The maximum Gasteiger partial charge on any atom is 0.511 e. The fourth-order valence-corrected chi connectivity index (χ4v) is 1.86. The van der Waals surface area contributed by atoms with Gasteiger partial charge in [-0.2, -0.15) is 0 Å². The van der Waals surface area contributed by atoms with E-state index in [1.165, 1.54) is 0 Å². The molecule has 150 valence electrons. The number of amides is 1. The van der Waals surface area contributed by atoms with Gasteiger partial charge in [0.1, 0.15) is 18.4 Å². The molecule has 28 heavy (non-hydrogen) atoms. The number of carbonyl (C=O) groups excluding carboxylic acids is 2. The zero-order valence-electron chi connectivity index (χ0n) is 15.7. The monoisotopic (exact) mass is 389 g/mol. The number of nitrogens with one attached hydrogen (secondary N) is 1. The average molecular weight is 389 g/mol. The number of hydrogen-bond acceptors (Lipinski definition) is 6. The van der Waals surface area contributed by atoms with Crippen LogP contribution in [-0.2, 0) is 20.9 Å². The number of rotatable bonds is 6. The van der Waals surface area contributed by atoms with Crippen molar-refractivity contribution < 1.29 is 33.7 Å². The second-order valence-electron chi connectivity index (χ2n) is 5.36. The maximum atomic E-state index is 11.4. The molecule has 0 fully saturated rings. The van der Waals surface area contributed by atoms with Gasteiger partial charge in [-0.25, -0.2) is 14.4 Å². The van der Waals surface area contributed by atoms with E-state index < -0.39 is 24.3 Å². The van der Waals surface area contributed by atoms with Gasteiger partial charge in [-0.15, -0.1) is 0 Å². The van der Waals surface area contributed by atoms with Crippen LogP contribution in [0.4, 0.5) is 9.59 Å². The van der Waals surface area contributed by atoms with E-state index in [4.69, 9.17) is 14.6 Å². The minimum atomic E-state index is -1.29. The lowest BCUT2D eigenvalue weighted by molar-refractivity contribution is -0.145. The van der Waals surface area contributed by atoms with Crippen LogP contribution in [0.15, 0.2) is 60.7 Å². The molecule has 1 amide bonds. The number of carbonyl (C=O) groups is 3. The molecule has 0 bridgehead atoms. The minimum absolute atomic E-state index is 0.169. The zero-order chi connectivity index (χ0) is 20.8. The molecule has 0 aliphatic rings. The van der Waals surface area contributed by atoms with Crippen LogP contribution in [0.2, 0.25) is 0 Å². The summed E-state index contributed by atoms with van der Waals surface area (Å²) >= 11 is 0. The van der Waals surface area contributed by atoms with Gasteiger partial charge in [0, 0.05) is 0 Å². The highest BCUT2D eigenvalue weighted by Crippen LogP contribution is 2.07. The summed E-state index contributed by atoms with van der Waals surface area (Å²) in [5.74, 6) is -0.135. The molecule has 1 atom stereocenters. The maximum absolute atomic E-state index is 11.4. The Balaban J connectivity index is 0.000000330. The standard InChI is InChI=1S/C13H17NO4.C7H6O3/c1-3-17-12(15)10(2)14-13(16)18-9-11-7-5-4-6-8-11;8-7(9)10-6-4-2-1-3-5-6/h4-8,10H,3,9H2,1-2H3,(H,14,16);1-5H,(H,8,9). The summed E-state index contributed by atoms with van der Waals surface area (Å²) in [6.07, 6.45) is -1.93. The summed E-state index contributed by atoms with van der Waals surface area (Å²) in [7, 11) is 0. The number of alkyl carbamates (subject to hydrolysis) is 1. The van der Waals surface area contributed by atoms with Crippen molar-refractivity contribution in [2.45, 2.75) is 26.5 Å². The Labute approximate surface area is 163 Å². The summed E-state index contributed by atoms with van der Waals surface area (Å²) in [5.41, 5.74) is 0.886. The molecule has 2 N–H and O–H groups in total. The van der Waals surface area contributed by atoms with Gasteiger partial charge in [-0.3, -0.25) is 0 Å². The first-order valence-electron chi connectivity index (χ1n) is 8.52. The van der Waals surface area contributed by atoms with Crippen LogP contribution in [-0.4, -0.2) is 36.0 Å². The van der Waals surface area contributed by atoms with Crippen molar-refractivity contribution in [1.82, 2.24) is 5.32 Å². The molecule has 0 heterocycles. The van der Waals surface area contributed by atoms with Crippen LogP contribution in [0.5, 0.6) is 5.75 Å². The first-order valence-corrected chi connectivity index (χ1v) is 8.52. The lowest BCUT2D eigenvalue weighted by Crippen LogP contribution is -2.39. The third-order valence-electron chi connectivity index (χ3n) is 3.14. The van der Waals surface area contributed by atoms with Gasteiger partial charge in [0.25, 0.3) is 0 Å². The van der Waals surface area contributed by atoms with Crippen LogP contribution in [0.25, 0.3) is 0 Å². The third-order valence-corrected chi connectivity index (χ3v) is 3.14. The summed E-state index contributed by atoms with van der Waals surface area (Å²) < 4.78 is 14.1. The summed E-state index contributed by atoms with van der Waals surface area (Å²) in [6.45, 7) is 3.70. The van der Waals surface area contributed by atoms with E-state index in [1.54, 1.807) is 44.2 Å². The Bertz CT molecular complexity index is 735. The molecule has 1 unspecified atom stereocenters. The largest absolute Gasteiger partial charge is 0.511 e. The van der Waals surface area contributed by atoms with Crippen molar-refractivity contribution >= 4 is 18.2 Å². The van der Waals surface area contributed by atoms with Crippen LogP contribution < -0.4 is 10.1 Å². The molecule has 0 spiro atoms.